The minimum atomic E-state index is -0.488. The summed E-state index contributed by atoms with van der Waals surface area (Å²) in [5, 5.41) is 10.3. The van der Waals surface area contributed by atoms with E-state index in [0.717, 1.165) is 16.9 Å². The van der Waals surface area contributed by atoms with Crippen molar-refractivity contribution in [3.8, 4) is 0 Å². The van der Waals surface area contributed by atoms with E-state index < -0.39 is 6.10 Å². The molecule has 2 heteroatoms. The summed E-state index contributed by atoms with van der Waals surface area (Å²) in [6.45, 7) is 6.32. The molecule has 0 aliphatic carbocycles. The highest BCUT2D eigenvalue weighted by molar-refractivity contribution is 7.12. The fraction of sp³-hybridized carbons (Fsp3) is 0.333. The molecule has 1 heterocycles. The number of benzene rings is 1. The highest BCUT2D eigenvalue weighted by atomic mass is 32.1. The molecule has 0 aliphatic heterocycles. The van der Waals surface area contributed by atoms with Crippen LogP contribution < -0.4 is 0 Å². The van der Waals surface area contributed by atoms with Gasteiger partial charge < -0.3 is 5.11 Å². The van der Waals surface area contributed by atoms with Crippen molar-refractivity contribution in [3.63, 3.8) is 0 Å². The van der Waals surface area contributed by atoms with Crippen LogP contribution in [0.3, 0.4) is 0 Å². The topological polar surface area (TPSA) is 20.2 Å². The van der Waals surface area contributed by atoms with Crippen molar-refractivity contribution < 1.29 is 5.11 Å². The van der Waals surface area contributed by atoms with Crippen LogP contribution in [0.15, 0.2) is 30.3 Å². The maximum Gasteiger partial charge on any atom is 0.113 e. The van der Waals surface area contributed by atoms with E-state index in [-0.39, 0.29) is 0 Å². The Bertz CT molecular complexity index is 477. The molecular weight excluding hydrogens is 228 g/mol. The smallest absolute Gasteiger partial charge is 0.113 e. The minimum absolute atomic E-state index is 0.488. The van der Waals surface area contributed by atoms with Gasteiger partial charge in [0, 0.05) is 9.75 Å². The molecule has 17 heavy (non-hydrogen) atoms. The van der Waals surface area contributed by atoms with Gasteiger partial charge in [0.1, 0.15) is 6.10 Å². The van der Waals surface area contributed by atoms with E-state index in [9.17, 15) is 5.11 Å². The Balaban J connectivity index is 2.26. The maximum absolute atomic E-state index is 10.3. The van der Waals surface area contributed by atoms with Crippen LogP contribution in [0.4, 0.5) is 0 Å². The van der Waals surface area contributed by atoms with E-state index in [1.54, 1.807) is 11.3 Å². The molecule has 0 saturated heterocycles. The molecule has 0 bridgehead atoms. The van der Waals surface area contributed by atoms with E-state index in [0.29, 0.717) is 0 Å². The molecule has 0 radical (unpaired) electrons. The van der Waals surface area contributed by atoms with Crippen LogP contribution in [0.2, 0.25) is 0 Å². The van der Waals surface area contributed by atoms with Gasteiger partial charge in [-0.25, -0.2) is 0 Å². The summed E-state index contributed by atoms with van der Waals surface area (Å²) >= 11 is 1.68. The molecule has 1 N–H and O–H groups in total. The van der Waals surface area contributed by atoms with E-state index >= 15 is 0 Å². The third-order valence-corrected chi connectivity index (χ3v) is 4.36. The number of hydrogen-bond donors (Lipinski definition) is 1. The van der Waals surface area contributed by atoms with Gasteiger partial charge in [-0.05, 0) is 43.0 Å². The summed E-state index contributed by atoms with van der Waals surface area (Å²) in [6, 6.07) is 10.3. The lowest BCUT2D eigenvalue weighted by Crippen LogP contribution is -1.97. The van der Waals surface area contributed by atoms with E-state index in [4.69, 9.17) is 0 Å². The first-order valence-electron chi connectivity index (χ1n) is 5.95. The van der Waals surface area contributed by atoms with Crippen LogP contribution in [0.5, 0.6) is 0 Å². The van der Waals surface area contributed by atoms with Crippen molar-refractivity contribution in [1.82, 2.24) is 0 Å². The van der Waals surface area contributed by atoms with Gasteiger partial charge in [-0.3, -0.25) is 0 Å². The monoisotopic (exact) mass is 246 g/mol. The number of hydrogen-bond acceptors (Lipinski definition) is 2. The largest absolute Gasteiger partial charge is 0.383 e. The molecule has 1 aromatic heterocycles. The molecule has 0 spiro atoms. The summed E-state index contributed by atoms with van der Waals surface area (Å²) < 4.78 is 0. The lowest BCUT2D eigenvalue weighted by molar-refractivity contribution is 0.224. The predicted molar refractivity (Wildman–Crippen MR) is 73.7 cm³/mol. The normalized spacial score (nSPS) is 12.7. The summed E-state index contributed by atoms with van der Waals surface area (Å²) in [4.78, 5) is 2.31. The van der Waals surface area contributed by atoms with Crippen LogP contribution in [0.1, 0.15) is 39.5 Å². The molecule has 0 saturated carbocycles. The van der Waals surface area contributed by atoms with Gasteiger partial charge in [-0.15, -0.1) is 11.3 Å². The second kappa shape index (κ2) is 5.03. The first kappa shape index (κ1) is 12.3. The summed E-state index contributed by atoms with van der Waals surface area (Å²) in [7, 11) is 0. The average Bonchev–Trinajstić information content (AvgIpc) is 2.69. The quantitative estimate of drug-likeness (QED) is 0.867. The van der Waals surface area contributed by atoms with E-state index in [2.05, 4.69) is 39.0 Å². The third kappa shape index (κ3) is 2.59. The van der Waals surface area contributed by atoms with Gasteiger partial charge in [0.05, 0.1) is 0 Å². The van der Waals surface area contributed by atoms with Crippen molar-refractivity contribution in [3.05, 3.63) is 56.8 Å². The maximum atomic E-state index is 10.3. The predicted octanol–water partition coefficient (Wildman–Crippen LogP) is 4.01. The molecule has 0 aliphatic rings. The second-order valence-electron chi connectivity index (χ2n) is 4.39. The highest BCUT2D eigenvalue weighted by Gasteiger charge is 2.13. The molecule has 90 valence electrons. The Kier molecular flexibility index (Phi) is 3.65. The molecule has 0 fully saturated rings. The number of rotatable bonds is 3. The van der Waals surface area contributed by atoms with Crippen LogP contribution >= 0.6 is 11.3 Å². The van der Waals surface area contributed by atoms with Gasteiger partial charge >= 0.3 is 0 Å². The zero-order valence-electron chi connectivity index (χ0n) is 10.5. The summed E-state index contributed by atoms with van der Waals surface area (Å²) in [5.41, 5.74) is 3.54. The summed E-state index contributed by atoms with van der Waals surface area (Å²) in [5.74, 6) is 0. The molecule has 1 nitrogen and oxygen atoms in total. The highest BCUT2D eigenvalue weighted by Crippen LogP contribution is 2.30. The molecule has 1 atom stereocenters. The van der Waals surface area contributed by atoms with Crippen molar-refractivity contribution in [2.24, 2.45) is 0 Å². The van der Waals surface area contributed by atoms with Crippen LogP contribution in [-0.4, -0.2) is 5.11 Å². The van der Waals surface area contributed by atoms with Crippen LogP contribution in [0.25, 0.3) is 0 Å². The number of thiophene rings is 1. The van der Waals surface area contributed by atoms with Gasteiger partial charge in [0.25, 0.3) is 0 Å². The Hall–Kier alpha value is -1.12. The van der Waals surface area contributed by atoms with Gasteiger partial charge in [0.2, 0.25) is 0 Å². The van der Waals surface area contributed by atoms with E-state index in [1.165, 1.54) is 16.0 Å². The fourth-order valence-electron chi connectivity index (χ4n) is 1.84. The summed E-state index contributed by atoms with van der Waals surface area (Å²) in [6.07, 6.45) is 0.548. The molecule has 2 rings (SSSR count). The molecule has 0 amide bonds. The Labute approximate surface area is 107 Å². The minimum Gasteiger partial charge on any atom is -0.383 e. The first-order valence-corrected chi connectivity index (χ1v) is 6.77. The van der Waals surface area contributed by atoms with Crippen molar-refractivity contribution >= 4 is 11.3 Å². The molecule has 2 aromatic rings. The molecule has 1 unspecified atom stereocenters. The lowest BCUT2D eigenvalue weighted by Gasteiger charge is -2.09. The SMILES string of the molecule is CCc1ccc(C(O)c2cc(C)c(C)s2)cc1. The Morgan fingerprint density at radius 2 is 1.82 bits per heavy atom. The zero-order valence-corrected chi connectivity index (χ0v) is 11.3. The molecular formula is C15H18OS. The lowest BCUT2D eigenvalue weighted by atomic mass is 10.0. The van der Waals surface area contributed by atoms with Gasteiger partial charge in [-0.2, -0.15) is 0 Å². The Morgan fingerprint density at radius 3 is 2.29 bits per heavy atom. The van der Waals surface area contributed by atoms with Crippen LogP contribution in [-0.2, 0) is 6.42 Å². The van der Waals surface area contributed by atoms with E-state index in [1.807, 2.05) is 12.1 Å². The standard InChI is InChI=1S/C15H18OS/c1-4-12-5-7-13(8-6-12)15(16)14-9-10(2)11(3)17-14/h5-9,15-16H,4H2,1-3H3. The fourth-order valence-corrected chi connectivity index (χ4v) is 2.89. The molecule has 1 aromatic carbocycles. The number of aliphatic hydroxyl groups excluding tert-OH is 1. The van der Waals surface area contributed by atoms with Gasteiger partial charge in [-0.1, -0.05) is 31.2 Å². The zero-order chi connectivity index (χ0) is 12.4. The number of aliphatic hydroxyl groups is 1. The van der Waals surface area contributed by atoms with Crippen LogP contribution in [0, 0.1) is 13.8 Å². The van der Waals surface area contributed by atoms with Crippen molar-refractivity contribution in [1.29, 1.82) is 0 Å². The average molecular weight is 246 g/mol. The second-order valence-corrected chi connectivity index (χ2v) is 5.67. The van der Waals surface area contributed by atoms with Gasteiger partial charge in [0.15, 0.2) is 0 Å². The van der Waals surface area contributed by atoms with Crippen molar-refractivity contribution in [2.45, 2.75) is 33.3 Å². The van der Waals surface area contributed by atoms with Crippen molar-refractivity contribution in [2.75, 3.05) is 0 Å². The Morgan fingerprint density at radius 1 is 1.18 bits per heavy atom. The number of aryl methyl sites for hydroxylation is 3. The first-order chi connectivity index (χ1) is 8.11. The third-order valence-electron chi connectivity index (χ3n) is 3.16.